The lowest BCUT2D eigenvalue weighted by Gasteiger charge is -2.17. The summed E-state index contributed by atoms with van der Waals surface area (Å²) in [5, 5.41) is 8.65. The van der Waals surface area contributed by atoms with Gasteiger partial charge in [-0.3, -0.25) is 4.79 Å². The molecular weight excluding hydrogens is 256 g/mol. The number of amides is 1. The van der Waals surface area contributed by atoms with E-state index in [1.165, 1.54) is 0 Å². The second-order valence-electron chi connectivity index (χ2n) is 4.26. The van der Waals surface area contributed by atoms with Gasteiger partial charge in [-0.05, 0) is 31.0 Å². The number of carbonyl (C=O) groups is 1. The van der Waals surface area contributed by atoms with Crippen molar-refractivity contribution in [3.63, 3.8) is 0 Å². The van der Waals surface area contributed by atoms with Crippen LogP contribution in [0.4, 0.5) is 0 Å². The third kappa shape index (κ3) is 4.16. The van der Waals surface area contributed by atoms with E-state index in [0.29, 0.717) is 30.9 Å². The summed E-state index contributed by atoms with van der Waals surface area (Å²) in [6, 6.07) is 7.60. The Kier molecular flexibility index (Phi) is 6.38. The first-order chi connectivity index (χ1) is 9.65. The van der Waals surface area contributed by atoms with Gasteiger partial charge in [0.15, 0.2) is 11.5 Å². The Hall–Kier alpha value is -2.22. The van der Waals surface area contributed by atoms with E-state index in [1.54, 1.807) is 19.1 Å². The highest BCUT2D eigenvalue weighted by Gasteiger charge is 2.12. The number of rotatable bonds is 7. The molecule has 5 heteroatoms. The molecule has 1 rings (SSSR count). The van der Waals surface area contributed by atoms with Gasteiger partial charge in [-0.15, -0.1) is 0 Å². The largest absolute Gasteiger partial charge is 0.493 e. The number of hydrogen-bond donors (Lipinski definition) is 0. The van der Waals surface area contributed by atoms with Crippen LogP contribution < -0.4 is 9.47 Å². The predicted molar refractivity (Wildman–Crippen MR) is 75.7 cm³/mol. The summed E-state index contributed by atoms with van der Waals surface area (Å²) in [6.45, 7) is 2.56. The molecule has 0 unspecified atom stereocenters. The Morgan fingerprint density at radius 3 is 2.55 bits per heavy atom. The fourth-order valence-electron chi connectivity index (χ4n) is 1.91. The fraction of sp³-hybridized carbons (Fsp3) is 0.467. The number of nitrogens with zero attached hydrogens (tertiary/aromatic N) is 2. The van der Waals surface area contributed by atoms with Crippen LogP contribution in [0.2, 0.25) is 0 Å². The lowest BCUT2D eigenvalue weighted by Crippen LogP contribution is -2.31. The average Bonchev–Trinajstić information content (AvgIpc) is 2.49. The van der Waals surface area contributed by atoms with Gasteiger partial charge < -0.3 is 14.4 Å². The van der Waals surface area contributed by atoms with Crippen LogP contribution in [0.1, 0.15) is 18.9 Å². The Labute approximate surface area is 119 Å². The Morgan fingerprint density at radius 1 is 1.30 bits per heavy atom. The molecule has 1 aromatic rings. The molecule has 0 aliphatic carbocycles. The van der Waals surface area contributed by atoms with Crippen molar-refractivity contribution in [1.29, 1.82) is 5.26 Å². The first-order valence-corrected chi connectivity index (χ1v) is 6.51. The fourth-order valence-corrected chi connectivity index (χ4v) is 1.91. The van der Waals surface area contributed by atoms with E-state index in [4.69, 9.17) is 14.7 Å². The van der Waals surface area contributed by atoms with E-state index in [1.807, 2.05) is 31.2 Å². The molecule has 0 spiro atoms. The SMILES string of the molecule is CCN(CC#N)C(=O)CCc1ccc(OC)c(OC)c1. The van der Waals surface area contributed by atoms with Gasteiger partial charge in [-0.1, -0.05) is 6.07 Å². The van der Waals surface area contributed by atoms with Crippen molar-refractivity contribution in [2.75, 3.05) is 27.3 Å². The van der Waals surface area contributed by atoms with Crippen molar-refractivity contribution in [1.82, 2.24) is 4.90 Å². The van der Waals surface area contributed by atoms with Crippen LogP contribution >= 0.6 is 0 Å². The molecule has 20 heavy (non-hydrogen) atoms. The van der Waals surface area contributed by atoms with Crippen LogP contribution in [-0.4, -0.2) is 38.1 Å². The third-order valence-electron chi connectivity index (χ3n) is 3.07. The van der Waals surface area contributed by atoms with Gasteiger partial charge in [0.25, 0.3) is 0 Å². The van der Waals surface area contributed by atoms with Crippen LogP contribution in [-0.2, 0) is 11.2 Å². The maximum atomic E-state index is 11.9. The van der Waals surface area contributed by atoms with Gasteiger partial charge in [-0.2, -0.15) is 5.26 Å². The van der Waals surface area contributed by atoms with E-state index in [9.17, 15) is 4.79 Å². The molecule has 0 atom stereocenters. The first kappa shape index (κ1) is 15.8. The van der Waals surface area contributed by atoms with Crippen molar-refractivity contribution in [3.8, 4) is 17.6 Å². The maximum Gasteiger partial charge on any atom is 0.223 e. The highest BCUT2D eigenvalue weighted by molar-refractivity contribution is 5.76. The zero-order chi connectivity index (χ0) is 15.0. The second kappa shape index (κ2) is 8.05. The minimum atomic E-state index is -0.0103. The molecule has 0 saturated heterocycles. The van der Waals surface area contributed by atoms with E-state index in [2.05, 4.69) is 0 Å². The van der Waals surface area contributed by atoms with E-state index < -0.39 is 0 Å². The van der Waals surface area contributed by atoms with Gasteiger partial charge >= 0.3 is 0 Å². The van der Waals surface area contributed by atoms with Crippen LogP contribution in [0.15, 0.2) is 18.2 Å². The molecule has 0 bridgehead atoms. The quantitative estimate of drug-likeness (QED) is 0.715. The number of aryl methyl sites for hydroxylation is 1. The monoisotopic (exact) mass is 276 g/mol. The summed E-state index contributed by atoms with van der Waals surface area (Å²) in [6.07, 6.45) is 0.992. The smallest absolute Gasteiger partial charge is 0.223 e. The molecule has 0 aliphatic heterocycles. The number of hydrogen-bond acceptors (Lipinski definition) is 4. The highest BCUT2D eigenvalue weighted by Crippen LogP contribution is 2.27. The molecule has 0 heterocycles. The summed E-state index contributed by atoms with van der Waals surface area (Å²) >= 11 is 0. The topological polar surface area (TPSA) is 62.6 Å². The van der Waals surface area contributed by atoms with Crippen molar-refractivity contribution < 1.29 is 14.3 Å². The van der Waals surface area contributed by atoms with Crippen molar-refractivity contribution in [2.24, 2.45) is 0 Å². The van der Waals surface area contributed by atoms with Gasteiger partial charge in [0.05, 0.1) is 20.3 Å². The number of benzene rings is 1. The minimum Gasteiger partial charge on any atom is -0.493 e. The minimum absolute atomic E-state index is 0.0103. The molecule has 5 nitrogen and oxygen atoms in total. The molecular formula is C15H20N2O3. The van der Waals surface area contributed by atoms with Gasteiger partial charge in [0, 0.05) is 13.0 Å². The van der Waals surface area contributed by atoms with E-state index >= 15 is 0 Å². The zero-order valence-corrected chi connectivity index (χ0v) is 12.2. The summed E-state index contributed by atoms with van der Waals surface area (Å²) in [5.41, 5.74) is 1.00. The normalized spacial score (nSPS) is 9.70. The molecule has 108 valence electrons. The molecule has 0 N–H and O–H groups in total. The van der Waals surface area contributed by atoms with Crippen molar-refractivity contribution in [3.05, 3.63) is 23.8 Å². The standard InChI is InChI=1S/C15H20N2O3/c1-4-17(10-9-16)15(18)8-6-12-5-7-13(19-2)14(11-12)20-3/h5,7,11H,4,6,8,10H2,1-3H3. The Balaban J connectivity index is 2.66. The summed E-state index contributed by atoms with van der Waals surface area (Å²) in [5.74, 6) is 1.31. The molecule has 0 radical (unpaired) electrons. The van der Waals surface area contributed by atoms with Crippen LogP contribution in [0.3, 0.4) is 0 Å². The van der Waals surface area contributed by atoms with E-state index in [0.717, 1.165) is 5.56 Å². The summed E-state index contributed by atoms with van der Waals surface area (Å²) in [4.78, 5) is 13.5. The molecule has 0 fully saturated rings. The lowest BCUT2D eigenvalue weighted by atomic mass is 10.1. The number of carbonyl (C=O) groups excluding carboxylic acids is 1. The van der Waals surface area contributed by atoms with Crippen LogP contribution in [0.25, 0.3) is 0 Å². The first-order valence-electron chi connectivity index (χ1n) is 6.51. The Bertz CT molecular complexity index is 494. The van der Waals surface area contributed by atoms with Crippen LogP contribution in [0.5, 0.6) is 11.5 Å². The number of methoxy groups -OCH3 is 2. The number of ether oxygens (including phenoxy) is 2. The van der Waals surface area contributed by atoms with Gasteiger partial charge in [0.1, 0.15) is 6.54 Å². The second-order valence-corrected chi connectivity index (χ2v) is 4.26. The maximum absolute atomic E-state index is 11.9. The lowest BCUT2D eigenvalue weighted by molar-refractivity contribution is -0.130. The van der Waals surface area contributed by atoms with Gasteiger partial charge in [0.2, 0.25) is 5.91 Å². The molecule has 1 amide bonds. The van der Waals surface area contributed by atoms with E-state index in [-0.39, 0.29) is 12.5 Å². The summed E-state index contributed by atoms with van der Waals surface area (Å²) < 4.78 is 10.4. The number of nitriles is 1. The van der Waals surface area contributed by atoms with Crippen molar-refractivity contribution in [2.45, 2.75) is 19.8 Å². The Morgan fingerprint density at radius 2 is 2.00 bits per heavy atom. The summed E-state index contributed by atoms with van der Waals surface area (Å²) in [7, 11) is 3.17. The molecule has 0 aromatic heterocycles. The predicted octanol–water partition coefficient (Wildman–Crippen LogP) is 2.01. The highest BCUT2D eigenvalue weighted by atomic mass is 16.5. The van der Waals surface area contributed by atoms with Gasteiger partial charge in [-0.25, -0.2) is 0 Å². The van der Waals surface area contributed by atoms with Crippen LogP contribution in [0, 0.1) is 11.3 Å². The third-order valence-corrected chi connectivity index (χ3v) is 3.07. The molecule has 0 saturated carbocycles. The molecule has 0 aliphatic rings. The van der Waals surface area contributed by atoms with Crippen molar-refractivity contribution >= 4 is 5.91 Å². The average molecular weight is 276 g/mol. The zero-order valence-electron chi connectivity index (χ0n) is 12.2. The molecule has 1 aromatic carbocycles.